The van der Waals surface area contributed by atoms with E-state index in [1.807, 2.05) is 6.92 Å². The fourth-order valence-electron chi connectivity index (χ4n) is 2.22. The van der Waals surface area contributed by atoms with E-state index >= 15 is 0 Å². The summed E-state index contributed by atoms with van der Waals surface area (Å²) in [7, 11) is 0. The maximum atomic E-state index is 13.8. The van der Waals surface area contributed by atoms with E-state index in [1.54, 1.807) is 12.1 Å². The second kappa shape index (κ2) is 5.48. The second-order valence-corrected chi connectivity index (χ2v) is 5.02. The number of rotatable bonds is 3. The highest BCUT2D eigenvalue weighted by Gasteiger charge is 2.30. The van der Waals surface area contributed by atoms with Crippen LogP contribution in [0.1, 0.15) is 30.9 Å². The van der Waals surface area contributed by atoms with Gasteiger partial charge in [0.25, 0.3) is 0 Å². The molecule has 2 rings (SSSR count). The smallest absolute Gasteiger partial charge is 0.229 e. The van der Waals surface area contributed by atoms with Gasteiger partial charge in [0, 0.05) is 24.9 Å². The molecule has 102 valence electrons. The second-order valence-electron chi connectivity index (χ2n) is 5.02. The van der Waals surface area contributed by atoms with Crippen molar-refractivity contribution in [3.05, 3.63) is 35.1 Å². The minimum absolute atomic E-state index is 0.00106. The molecule has 4 nitrogen and oxygen atoms in total. The first-order valence-electron chi connectivity index (χ1n) is 6.32. The zero-order valence-corrected chi connectivity index (χ0v) is 10.9. The number of hydrogen-bond donors (Lipinski definition) is 1. The summed E-state index contributed by atoms with van der Waals surface area (Å²) in [5.74, 6) is -0.819. The fourth-order valence-corrected chi connectivity index (χ4v) is 2.22. The van der Waals surface area contributed by atoms with Gasteiger partial charge in [-0.2, -0.15) is 0 Å². The molecule has 1 saturated heterocycles. The number of amides is 2. The van der Waals surface area contributed by atoms with Crippen LogP contribution in [0.3, 0.4) is 0 Å². The number of nitrogens with zero attached hydrogens (tertiary/aromatic N) is 1. The first-order valence-corrected chi connectivity index (χ1v) is 6.32. The van der Waals surface area contributed by atoms with Crippen molar-refractivity contribution in [1.29, 1.82) is 0 Å². The van der Waals surface area contributed by atoms with Gasteiger partial charge in [0.2, 0.25) is 11.8 Å². The quantitative estimate of drug-likeness (QED) is 0.843. The normalized spacial score (nSPS) is 17.1. The Morgan fingerprint density at radius 3 is 2.47 bits per heavy atom. The van der Waals surface area contributed by atoms with Crippen molar-refractivity contribution < 1.29 is 14.0 Å². The van der Waals surface area contributed by atoms with Gasteiger partial charge in [-0.1, -0.05) is 19.1 Å². The van der Waals surface area contributed by atoms with Gasteiger partial charge in [-0.05, 0) is 17.5 Å². The van der Waals surface area contributed by atoms with Crippen LogP contribution in [0.25, 0.3) is 0 Å². The van der Waals surface area contributed by atoms with E-state index in [-0.39, 0.29) is 30.8 Å². The first-order chi connectivity index (χ1) is 9.01. The van der Waals surface area contributed by atoms with Crippen LogP contribution in [0.5, 0.6) is 0 Å². The van der Waals surface area contributed by atoms with Gasteiger partial charge in [-0.25, -0.2) is 4.39 Å². The lowest BCUT2D eigenvalue weighted by atomic mass is 9.97. The highest BCUT2D eigenvalue weighted by atomic mass is 19.1. The summed E-state index contributed by atoms with van der Waals surface area (Å²) in [6.45, 7) is 2.13. The van der Waals surface area contributed by atoms with Crippen LogP contribution in [0, 0.1) is 11.7 Å². The molecule has 1 aromatic carbocycles. The molecule has 0 saturated carbocycles. The molecule has 1 aromatic rings. The molecule has 0 unspecified atom stereocenters. The average Bonchev–Trinajstić information content (AvgIpc) is 2.35. The molecule has 0 bridgehead atoms. The minimum Gasteiger partial charge on any atom is -0.326 e. The van der Waals surface area contributed by atoms with Gasteiger partial charge in [0.05, 0.1) is 6.54 Å². The molecule has 5 heteroatoms. The molecule has 1 aliphatic rings. The molecule has 2 amide bonds. The van der Waals surface area contributed by atoms with Crippen LogP contribution in [-0.4, -0.2) is 16.7 Å². The lowest BCUT2D eigenvalue weighted by molar-refractivity contribution is -0.150. The van der Waals surface area contributed by atoms with E-state index in [1.165, 1.54) is 6.07 Å². The number of halogens is 1. The molecule has 1 heterocycles. The highest BCUT2D eigenvalue weighted by Crippen LogP contribution is 2.22. The lowest BCUT2D eigenvalue weighted by Gasteiger charge is -2.28. The van der Waals surface area contributed by atoms with Gasteiger partial charge >= 0.3 is 0 Å². The molecule has 2 N–H and O–H groups in total. The van der Waals surface area contributed by atoms with Crippen LogP contribution in [-0.2, 0) is 22.7 Å². The number of carbonyl (C=O) groups excluding carboxylic acids is 2. The Hall–Kier alpha value is -1.75. The van der Waals surface area contributed by atoms with E-state index in [0.717, 1.165) is 4.90 Å². The molecule has 0 atom stereocenters. The Labute approximate surface area is 111 Å². The van der Waals surface area contributed by atoms with Gasteiger partial charge < -0.3 is 5.73 Å². The first kappa shape index (κ1) is 13.7. The Morgan fingerprint density at radius 1 is 1.32 bits per heavy atom. The third-order valence-electron chi connectivity index (χ3n) is 3.33. The highest BCUT2D eigenvalue weighted by molar-refractivity contribution is 5.97. The predicted molar refractivity (Wildman–Crippen MR) is 68.2 cm³/mol. The molecule has 1 aliphatic heterocycles. The predicted octanol–water partition coefficient (Wildman–Crippen LogP) is 1.57. The van der Waals surface area contributed by atoms with Gasteiger partial charge in [0.15, 0.2) is 0 Å². The van der Waals surface area contributed by atoms with E-state index < -0.39 is 5.82 Å². The molecule has 0 aromatic heterocycles. The van der Waals surface area contributed by atoms with Crippen LogP contribution >= 0.6 is 0 Å². The number of likely N-dealkylation sites (tertiary alicyclic amines) is 1. The summed E-state index contributed by atoms with van der Waals surface area (Å²) in [6.07, 6.45) is 0.683. The molecule has 1 fully saturated rings. The zero-order chi connectivity index (χ0) is 14.0. The monoisotopic (exact) mass is 264 g/mol. The molecule has 0 radical (unpaired) electrons. The molecule has 0 aliphatic carbocycles. The van der Waals surface area contributed by atoms with Gasteiger partial charge in [0.1, 0.15) is 5.82 Å². The van der Waals surface area contributed by atoms with Crippen molar-refractivity contribution in [2.24, 2.45) is 11.7 Å². The van der Waals surface area contributed by atoms with Gasteiger partial charge in [-0.3, -0.25) is 14.5 Å². The van der Waals surface area contributed by atoms with E-state index in [9.17, 15) is 14.0 Å². The number of hydrogen-bond acceptors (Lipinski definition) is 3. The van der Waals surface area contributed by atoms with Crippen molar-refractivity contribution in [1.82, 2.24) is 4.90 Å². The Bertz CT molecular complexity index is 498. The number of benzene rings is 1. The molecular weight excluding hydrogens is 247 g/mol. The van der Waals surface area contributed by atoms with Crippen molar-refractivity contribution in [2.45, 2.75) is 32.9 Å². The van der Waals surface area contributed by atoms with Crippen molar-refractivity contribution in [3.8, 4) is 0 Å². The summed E-state index contributed by atoms with van der Waals surface area (Å²) >= 11 is 0. The number of carbonyl (C=O) groups is 2. The summed E-state index contributed by atoms with van der Waals surface area (Å²) < 4.78 is 13.8. The van der Waals surface area contributed by atoms with Crippen molar-refractivity contribution in [2.75, 3.05) is 0 Å². The summed E-state index contributed by atoms with van der Waals surface area (Å²) in [6, 6.07) is 4.63. The molecular formula is C14H17FN2O2. The fraction of sp³-hybridized carbons (Fsp3) is 0.429. The van der Waals surface area contributed by atoms with Gasteiger partial charge in [-0.15, -0.1) is 0 Å². The number of piperidine rings is 1. The Kier molecular flexibility index (Phi) is 3.95. The van der Waals surface area contributed by atoms with E-state index in [4.69, 9.17) is 5.73 Å². The maximum absolute atomic E-state index is 13.8. The average molecular weight is 264 g/mol. The molecule has 0 spiro atoms. The number of imide groups is 1. The topological polar surface area (TPSA) is 63.4 Å². The van der Waals surface area contributed by atoms with E-state index in [0.29, 0.717) is 24.0 Å². The maximum Gasteiger partial charge on any atom is 0.229 e. The molecule has 19 heavy (non-hydrogen) atoms. The minimum atomic E-state index is -0.429. The summed E-state index contributed by atoms with van der Waals surface area (Å²) in [5.41, 5.74) is 6.45. The zero-order valence-electron chi connectivity index (χ0n) is 10.9. The lowest BCUT2D eigenvalue weighted by Crippen LogP contribution is -2.42. The van der Waals surface area contributed by atoms with Crippen molar-refractivity contribution in [3.63, 3.8) is 0 Å². The van der Waals surface area contributed by atoms with Crippen LogP contribution in [0.15, 0.2) is 18.2 Å². The summed E-state index contributed by atoms with van der Waals surface area (Å²) in [5, 5.41) is 0. The van der Waals surface area contributed by atoms with Crippen LogP contribution in [0.4, 0.5) is 4.39 Å². The van der Waals surface area contributed by atoms with Crippen LogP contribution < -0.4 is 5.73 Å². The van der Waals surface area contributed by atoms with Crippen LogP contribution in [0.2, 0.25) is 0 Å². The SMILES string of the molecule is CC1CC(=O)N(Cc2ccc(CN)cc2F)C(=O)C1. The standard InChI is InChI=1S/C14H17FN2O2/c1-9-4-13(18)17(14(19)5-9)8-11-3-2-10(7-16)6-12(11)15/h2-3,6,9H,4-5,7-8,16H2,1H3. The number of nitrogens with two attached hydrogens (primary N) is 1. The summed E-state index contributed by atoms with van der Waals surface area (Å²) in [4.78, 5) is 24.8. The largest absolute Gasteiger partial charge is 0.326 e. The Balaban J connectivity index is 2.16. The Morgan fingerprint density at radius 2 is 1.95 bits per heavy atom. The van der Waals surface area contributed by atoms with E-state index in [2.05, 4.69) is 0 Å². The van der Waals surface area contributed by atoms with Crippen molar-refractivity contribution >= 4 is 11.8 Å². The third-order valence-corrected chi connectivity index (χ3v) is 3.33. The third kappa shape index (κ3) is 2.98.